The third kappa shape index (κ3) is 16.2. The van der Waals surface area contributed by atoms with Crippen LogP contribution >= 0.6 is 11.8 Å². The van der Waals surface area contributed by atoms with Gasteiger partial charge >= 0.3 is 6.03 Å². The fraction of sp³-hybridized carbons (Fsp3) is 0.558. The second-order valence-electron chi connectivity index (χ2n) is 18.6. The van der Waals surface area contributed by atoms with Crippen LogP contribution in [0.1, 0.15) is 107 Å². The van der Waals surface area contributed by atoms with E-state index in [-0.39, 0.29) is 72.3 Å². The summed E-state index contributed by atoms with van der Waals surface area (Å²) in [6.07, 6.45) is 8.50. The minimum absolute atomic E-state index is 0.00772. The number of aromatic nitrogens is 1. The van der Waals surface area contributed by atoms with Gasteiger partial charge in [-0.1, -0.05) is 48.4 Å². The molecule has 4 saturated heterocycles. The lowest BCUT2D eigenvalue weighted by Crippen LogP contribution is -2.40. The average Bonchev–Trinajstić information content (AvgIpc) is 3.93. The Labute approximate surface area is 410 Å². The molecule has 5 heterocycles. The molecule has 16 nitrogen and oxygen atoms in total. The number of anilines is 1. The van der Waals surface area contributed by atoms with Gasteiger partial charge in [-0.15, -0.1) is 0 Å². The zero-order valence-electron chi connectivity index (χ0n) is 39.9. The Hall–Kier alpha value is -5.20. The number of nitrogens with zero attached hydrogens (tertiary/aromatic N) is 3. The van der Waals surface area contributed by atoms with Crippen molar-refractivity contribution in [2.24, 2.45) is 11.8 Å². The zero-order chi connectivity index (χ0) is 48.4. The van der Waals surface area contributed by atoms with Gasteiger partial charge in [0, 0.05) is 73.4 Å². The molecular weight excluding hydrogens is 899 g/mol. The molecule has 69 heavy (non-hydrogen) atoms. The summed E-state index contributed by atoms with van der Waals surface area (Å²) in [5.74, 6) is 1.03. The molecule has 0 spiro atoms. The van der Waals surface area contributed by atoms with Crippen LogP contribution in [0.4, 0.5) is 10.5 Å². The van der Waals surface area contributed by atoms with E-state index < -0.39 is 0 Å². The monoisotopic (exact) mass is 967 g/mol. The number of carbonyl (C=O) groups excluding carboxylic acids is 6. The molecule has 1 aromatic heterocycles. The van der Waals surface area contributed by atoms with Gasteiger partial charge < -0.3 is 40.4 Å². The van der Waals surface area contributed by atoms with Crippen LogP contribution in [0.5, 0.6) is 0 Å². The number of ether oxygens (including phenoxy) is 3. The number of nitrogens with one attached hydrogen (secondary N) is 4. The molecule has 4 aliphatic rings. The van der Waals surface area contributed by atoms with Crippen LogP contribution in [0.15, 0.2) is 66.9 Å². The highest BCUT2D eigenvalue weighted by molar-refractivity contribution is 8.00. The molecule has 4 fully saturated rings. The highest BCUT2D eigenvalue weighted by Gasteiger charge is 2.42. The van der Waals surface area contributed by atoms with Crippen molar-refractivity contribution in [3.8, 4) is 0 Å². The van der Waals surface area contributed by atoms with E-state index in [9.17, 15) is 28.8 Å². The molecular formula is C52H69N7O9S. The largest absolute Gasteiger partial charge is 0.379 e. The Morgan fingerprint density at radius 3 is 2.16 bits per heavy atom. The fourth-order valence-electron chi connectivity index (χ4n) is 9.39. The number of hydrogen-bond acceptors (Lipinski definition) is 12. The van der Waals surface area contributed by atoms with Crippen LogP contribution in [0.2, 0.25) is 0 Å². The van der Waals surface area contributed by atoms with E-state index in [4.69, 9.17) is 14.2 Å². The second-order valence-corrected chi connectivity index (χ2v) is 19.9. The SMILES string of the molecule is Cc1ccc(C(=O)C2CCN(C(=O)c3ccc(C(=O)CC4CCN(Cc5ccc(NC(=O)CCOCCOCCOCCNC(=O)CCCCC6SC[C@@H]7NC(=O)N[C@H]67)cc5)CC4)nc3)CC2)cc1. The van der Waals surface area contributed by atoms with Crippen molar-refractivity contribution in [1.82, 2.24) is 30.7 Å². The molecule has 4 N–H and O–H groups in total. The highest BCUT2D eigenvalue weighted by atomic mass is 32.2. The quantitative estimate of drug-likeness (QED) is 0.0428. The van der Waals surface area contributed by atoms with Crippen molar-refractivity contribution in [2.45, 2.75) is 95.0 Å². The summed E-state index contributed by atoms with van der Waals surface area (Å²) in [5, 5.41) is 12.2. The standard InChI is InChI=1S/C52H69N7O9S/c1-36-6-10-39(11-7-36)50(63)40-18-24-59(25-19-40)51(64)41-12-15-43(54-33-41)45(60)32-37-16-22-58(23-17-37)34-38-8-13-42(14-9-38)55-48(62)20-26-66-28-30-68-31-29-67-27-21-53-47(61)5-3-2-4-46-49-44(35-69-46)56-52(65)57-49/h6-15,33,37,40,44,46,49H,2-5,16-32,34-35H2,1H3,(H,53,61)(H,55,62)(H2,56,57,65)/t44-,46?,49-/m0/s1. The summed E-state index contributed by atoms with van der Waals surface area (Å²) in [6, 6.07) is 19.3. The molecule has 0 aliphatic carbocycles. The van der Waals surface area contributed by atoms with E-state index in [1.165, 1.54) is 6.20 Å². The smallest absolute Gasteiger partial charge is 0.315 e. The summed E-state index contributed by atoms with van der Waals surface area (Å²) in [6.45, 7) is 8.31. The fourth-order valence-corrected chi connectivity index (χ4v) is 10.9. The maximum atomic E-state index is 13.2. The molecule has 1 unspecified atom stereocenters. The number of amides is 5. The number of urea groups is 1. The molecule has 17 heteroatoms. The highest BCUT2D eigenvalue weighted by Crippen LogP contribution is 2.33. The van der Waals surface area contributed by atoms with E-state index in [1.807, 2.05) is 67.2 Å². The first-order valence-corrected chi connectivity index (χ1v) is 25.8. The van der Waals surface area contributed by atoms with Gasteiger partial charge in [0.05, 0.1) is 63.7 Å². The summed E-state index contributed by atoms with van der Waals surface area (Å²) < 4.78 is 16.7. The van der Waals surface area contributed by atoms with E-state index in [0.717, 1.165) is 79.9 Å². The molecule has 3 aromatic rings. The number of hydrogen-bond donors (Lipinski definition) is 4. The topological polar surface area (TPSA) is 198 Å². The van der Waals surface area contributed by atoms with Crippen molar-refractivity contribution < 1.29 is 43.0 Å². The first-order chi connectivity index (χ1) is 33.6. The number of rotatable bonds is 26. The van der Waals surface area contributed by atoms with Gasteiger partial charge in [-0.05, 0) is 94.3 Å². The number of aryl methyl sites for hydroxylation is 1. The van der Waals surface area contributed by atoms with Crippen LogP contribution in [-0.2, 0) is 30.3 Å². The van der Waals surface area contributed by atoms with Gasteiger partial charge in [-0.3, -0.25) is 33.9 Å². The molecule has 2 aromatic carbocycles. The maximum Gasteiger partial charge on any atom is 0.315 e. The Balaban J connectivity index is 0.661. The van der Waals surface area contributed by atoms with E-state index >= 15 is 0 Å². The number of piperidine rings is 2. The van der Waals surface area contributed by atoms with Crippen molar-refractivity contribution in [3.05, 3.63) is 94.8 Å². The van der Waals surface area contributed by atoms with Crippen LogP contribution in [0.25, 0.3) is 0 Å². The van der Waals surface area contributed by atoms with Crippen molar-refractivity contribution in [3.63, 3.8) is 0 Å². The second kappa shape index (κ2) is 26.7. The third-order valence-electron chi connectivity index (χ3n) is 13.5. The van der Waals surface area contributed by atoms with Gasteiger partial charge in [0.1, 0.15) is 5.69 Å². The Bertz CT molecular complexity index is 2160. The number of fused-ring (bicyclic) bond motifs is 1. The van der Waals surface area contributed by atoms with Crippen molar-refractivity contribution >= 4 is 52.8 Å². The molecule has 4 aliphatic heterocycles. The molecule has 0 radical (unpaired) electrons. The van der Waals surface area contributed by atoms with Crippen LogP contribution in [0, 0.1) is 18.8 Å². The van der Waals surface area contributed by atoms with Gasteiger partial charge in [-0.25, -0.2) is 4.79 Å². The number of benzene rings is 2. The van der Waals surface area contributed by atoms with Gasteiger partial charge in [0.25, 0.3) is 5.91 Å². The number of carbonyl (C=O) groups is 6. The van der Waals surface area contributed by atoms with Gasteiger partial charge in [-0.2, -0.15) is 11.8 Å². The van der Waals surface area contributed by atoms with E-state index in [1.54, 1.807) is 17.0 Å². The lowest BCUT2D eigenvalue weighted by atomic mass is 9.88. The molecule has 3 atom stereocenters. The van der Waals surface area contributed by atoms with Crippen LogP contribution in [0.3, 0.4) is 0 Å². The zero-order valence-corrected chi connectivity index (χ0v) is 40.7. The van der Waals surface area contributed by atoms with E-state index in [0.29, 0.717) is 94.9 Å². The number of likely N-dealkylation sites (tertiary alicyclic amines) is 2. The summed E-state index contributed by atoms with van der Waals surface area (Å²) in [7, 11) is 0. The predicted molar refractivity (Wildman–Crippen MR) is 264 cm³/mol. The van der Waals surface area contributed by atoms with Crippen LogP contribution < -0.4 is 21.3 Å². The Morgan fingerprint density at radius 1 is 0.754 bits per heavy atom. The lowest BCUT2D eigenvalue weighted by molar-refractivity contribution is -0.121. The Kier molecular flexibility index (Phi) is 20.0. The third-order valence-corrected chi connectivity index (χ3v) is 15.0. The lowest BCUT2D eigenvalue weighted by Gasteiger charge is -2.32. The number of ketones is 2. The molecule has 7 rings (SSSR count). The molecule has 0 saturated carbocycles. The first kappa shape index (κ1) is 51.6. The van der Waals surface area contributed by atoms with Gasteiger partial charge in [0.15, 0.2) is 11.6 Å². The van der Waals surface area contributed by atoms with Crippen molar-refractivity contribution in [2.75, 3.05) is 83.4 Å². The summed E-state index contributed by atoms with van der Waals surface area (Å²) in [4.78, 5) is 84.1. The number of pyridine rings is 1. The number of Topliss-reactive ketones (excluding diaryl/α,β-unsaturated/α-hetero) is 2. The van der Waals surface area contributed by atoms with E-state index in [2.05, 4.69) is 31.2 Å². The maximum absolute atomic E-state index is 13.2. The number of thioether (sulfide) groups is 1. The first-order valence-electron chi connectivity index (χ1n) is 24.8. The number of unbranched alkanes of at least 4 members (excludes halogenated alkanes) is 1. The summed E-state index contributed by atoms with van der Waals surface area (Å²) in [5.41, 5.74) is 4.55. The normalized spacial score (nSPS) is 19.7. The van der Waals surface area contributed by atoms with Crippen LogP contribution in [-0.4, -0.2) is 146 Å². The van der Waals surface area contributed by atoms with Crippen molar-refractivity contribution in [1.29, 1.82) is 0 Å². The molecule has 372 valence electrons. The van der Waals surface area contributed by atoms with Gasteiger partial charge in [0.2, 0.25) is 11.8 Å². The average molecular weight is 968 g/mol. The predicted octanol–water partition coefficient (Wildman–Crippen LogP) is 5.83. The minimum Gasteiger partial charge on any atom is -0.379 e. The molecule has 0 bridgehead atoms. The summed E-state index contributed by atoms with van der Waals surface area (Å²) >= 11 is 1.89. The molecule has 5 amide bonds. The Morgan fingerprint density at radius 2 is 1.45 bits per heavy atom. The minimum atomic E-state index is -0.125.